The summed E-state index contributed by atoms with van der Waals surface area (Å²) in [5.74, 6) is -0.426. The fourth-order valence-corrected chi connectivity index (χ4v) is 4.68. The first kappa shape index (κ1) is 27.7. The summed E-state index contributed by atoms with van der Waals surface area (Å²) in [5.41, 5.74) is 2.00. The van der Waals surface area contributed by atoms with E-state index in [4.69, 9.17) is 9.11 Å². The van der Waals surface area contributed by atoms with Crippen LogP contribution in [0, 0.1) is 6.92 Å². The van der Waals surface area contributed by atoms with Crippen molar-refractivity contribution in [2.75, 3.05) is 5.01 Å². The molecule has 0 aliphatic carbocycles. The van der Waals surface area contributed by atoms with Crippen molar-refractivity contribution in [3.63, 3.8) is 0 Å². The molecule has 3 N–H and O–H groups in total. The van der Waals surface area contributed by atoms with Crippen molar-refractivity contribution in [1.29, 1.82) is 0 Å². The largest absolute Gasteiger partial charge is 0.295 e. The van der Waals surface area contributed by atoms with Crippen molar-refractivity contribution in [2.45, 2.75) is 23.6 Å². The van der Waals surface area contributed by atoms with E-state index in [1.807, 2.05) is 0 Å². The number of hydrogen-bond acceptors (Lipinski definition) is 7. The fraction of sp³-hybridized carbons (Fsp3) is 0.0800. The molecule has 0 saturated heterocycles. The molecular weight excluding hydrogens is 548 g/mol. The van der Waals surface area contributed by atoms with Gasteiger partial charge >= 0.3 is 0 Å². The Hall–Kier alpha value is -4.37. The predicted octanol–water partition coefficient (Wildman–Crippen LogP) is 2.89. The molecule has 4 rings (SSSR count). The minimum atomic E-state index is -4.36. The summed E-state index contributed by atoms with van der Waals surface area (Å²) in [7, 11) is -8.71. The Labute approximate surface area is 223 Å². The number of carbonyl (C=O) groups excluding carboxylic acids is 1. The van der Waals surface area contributed by atoms with Gasteiger partial charge in [0, 0.05) is 5.69 Å². The van der Waals surface area contributed by atoms with Crippen LogP contribution in [-0.4, -0.2) is 47.3 Å². The molecule has 1 amide bonds. The molecule has 1 aromatic heterocycles. The third-order valence-corrected chi connectivity index (χ3v) is 7.44. The quantitative estimate of drug-likeness (QED) is 0.220. The Morgan fingerprint density at radius 3 is 1.87 bits per heavy atom. The fourth-order valence-electron chi connectivity index (χ4n) is 3.72. The van der Waals surface area contributed by atoms with E-state index in [2.05, 4.69) is 10.2 Å². The molecule has 202 valence electrons. The molecule has 0 radical (unpaired) electrons. The van der Waals surface area contributed by atoms with Crippen molar-refractivity contribution in [2.24, 2.45) is 5.10 Å². The number of carbonyl (C=O) groups is 1. The summed E-state index contributed by atoms with van der Waals surface area (Å²) in [5, 5.41) is 8.23. The van der Waals surface area contributed by atoms with Crippen LogP contribution in [0.3, 0.4) is 0 Å². The maximum absolute atomic E-state index is 12.8. The van der Waals surface area contributed by atoms with Gasteiger partial charge in [0.2, 0.25) is 0 Å². The third-order valence-electron chi connectivity index (χ3n) is 5.70. The Balaban J connectivity index is 1.48. The number of rotatable bonds is 7. The van der Waals surface area contributed by atoms with Gasteiger partial charge in [-0.2, -0.15) is 26.9 Å². The molecule has 0 unspecified atom stereocenters. The second-order valence-corrected chi connectivity index (χ2v) is 11.2. The molecule has 1 aliphatic heterocycles. The number of aromatic amines is 1. The molecule has 1 aliphatic rings. The molecule has 2 aromatic carbocycles. The highest BCUT2D eigenvalue weighted by Crippen LogP contribution is 2.25. The normalized spacial score (nSPS) is 15.7. The number of hydrazone groups is 1. The lowest BCUT2D eigenvalue weighted by molar-refractivity contribution is -0.114. The van der Waals surface area contributed by atoms with E-state index in [9.17, 15) is 26.4 Å². The molecule has 0 spiro atoms. The number of benzene rings is 2. The zero-order chi connectivity index (χ0) is 28.5. The SMILES string of the molecule is CC1=NN(c2ccc(S(=O)(=O)O)cc2)C(=O)C1=CC=CC=Cc1c(C)[nH]n(-c2ccc(S(=O)(=O)O)cc2)c1=O. The van der Waals surface area contributed by atoms with Crippen molar-refractivity contribution >= 4 is 43.6 Å². The van der Waals surface area contributed by atoms with E-state index in [0.717, 1.165) is 5.01 Å². The highest BCUT2D eigenvalue weighted by molar-refractivity contribution is 7.86. The number of H-pyrrole nitrogens is 1. The maximum atomic E-state index is 12.8. The molecule has 0 atom stereocenters. The van der Waals surface area contributed by atoms with E-state index in [1.165, 1.54) is 53.2 Å². The van der Waals surface area contributed by atoms with Gasteiger partial charge in [-0.05, 0) is 74.5 Å². The summed E-state index contributed by atoms with van der Waals surface area (Å²) < 4.78 is 64.4. The van der Waals surface area contributed by atoms with Crippen LogP contribution in [0.2, 0.25) is 0 Å². The number of aromatic nitrogens is 2. The lowest BCUT2D eigenvalue weighted by Crippen LogP contribution is -2.21. The lowest BCUT2D eigenvalue weighted by Gasteiger charge is -2.11. The van der Waals surface area contributed by atoms with Crippen LogP contribution in [0.1, 0.15) is 18.2 Å². The number of nitrogens with one attached hydrogen (secondary N) is 1. The standard InChI is InChI=1S/C25H22N4O8S2/c1-16-22(24(30)28(26-16)18-8-12-20(13-9-18)38(32,33)34)6-4-3-5-7-23-17(2)27-29(25(23)31)19-10-14-21(15-11-19)39(35,36)37/h3-15,26H,1-2H3,(H,32,33,34)(H,35,36,37). The van der Waals surface area contributed by atoms with Gasteiger partial charge in [-0.3, -0.25) is 23.8 Å². The number of anilines is 1. The second-order valence-electron chi connectivity index (χ2n) is 8.36. The minimum Gasteiger partial charge on any atom is -0.295 e. The number of amides is 1. The average molecular weight is 571 g/mol. The third kappa shape index (κ3) is 5.88. The molecule has 14 heteroatoms. The Kier molecular flexibility index (Phi) is 7.39. The molecule has 2 heterocycles. The van der Waals surface area contributed by atoms with Crippen molar-refractivity contribution in [1.82, 2.24) is 9.78 Å². The number of nitrogens with zero attached hydrogens (tertiary/aromatic N) is 3. The first-order valence-electron chi connectivity index (χ1n) is 11.2. The molecular formula is C25H22N4O8S2. The summed E-state index contributed by atoms with van der Waals surface area (Å²) in [6.45, 7) is 3.35. The minimum absolute atomic E-state index is 0.291. The molecule has 12 nitrogen and oxygen atoms in total. The van der Waals surface area contributed by atoms with Crippen LogP contribution in [0.15, 0.2) is 98.1 Å². The molecule has 0 bridgehead atoms. The van der Waals surface area contributed by atoms with Crippen LogP contribution >= 0.6 is 0 Å². The van der Waals surface area contributed by atoms with Gasteiger partial charge in [0.25, 0.3) is 31.7 Å². The van der Waals surface area contributed by atoms with Crippen LogP contribution < -0.4 is 10.6 Å². The molecule has 3 aromatic rings. The topological polar surface area (TPSA) is 179 Å². The van der Waals surface area contributed by atoms with Crippen LogP contribution in [0.5, 0.6) is 0 Å². The number of aryl methyl sites for hydroxylation is 1. The Bertz CT molecular complexity index is 1840. The number of hydrogen-bond donors (Lipinski definition) is 3. The molecule has 0 fully saturated rings. The second kappa shape index (κ2) is 10.4. The Morgan fingerprint density at radius 2 is 1.33 bits per heavy atom. The van der Waals surface area contributed by atoms with Gasteiger partial charge < -0.3 is 0 Å². The van der Waals surface area contributed by atoms with Gasteiger partial charge in [-0.25, -0.2) is 4.68 Å². The zero-order valence-electron chi connectivity index (χ0n) is 20.5. The summed E-state index contributed by atoms with van der Waals surface area (Å²) >= 11 is 0. The van der Waals surface area contributed by atoms with Crippen molar-refractivity contribution < 1.29 is 30.7 Å². The van der Waals surface area contributed by atoms with E-state index in [1.54, 1.807) is 44.2 Å². The van der Waals surface area contributed by atoms with Crippen molar-refractivity contribution in [3.05, 3.63) is 100 Å². The smallest absolute Gasteiger partial charge is 0.294 e. The first-order chi connectivity index (χ1) is 18.3. The first-order valence-corrected chi connectivity index (χ1v) is 14.1. The predicted molar refractivity (Wildman–Crippen MR) is 144 cm³/mol. The summed E-state index contributed by atoms with van der Waals surface area (Å²) in [6.07, 6.45) is 7.96. The van der Waals surface area contributed by atoms with Gasteiger partial charge in [0.1, 0.15) is 0 Å². The monoisotopic (exact) mass is 570 g/mol. The summed E-state index contributed by atoms with van der Waals surface area (Å²) in [6, 6.07) is 10.2. The van der Waals surface area contributed by atoms with Crippen LogP contribution in [-0.2, 0) is 25.0 Å². The number of allylic oxidation sites excluding steroid dienone is 4. The molecule has 0 saturated carbocycles. The highest BCUT2D eigenvalue weighted by Gasteiger charge is 2.28. The molecule has 39 heavy (non-hydrogen) atoms. The van der Waals surface area contributed by atoms with Crippen LogP contribution in [0.4, 0.5) is 5.69 Å². The van der Waals surface area contributed by atoms with E-state index < -0.39 is 26.1 Å². The van der Waals surface area contributed by atoms with Crippen LogP contribution in [0.25, 0.3) is 11.8 Å². The maximum Gasteiger partial charge on any atom is 0.294 e. The van der Waals surface area contributed by atoms with Gasteiger partial charge in [0.05, 0.1) is 38.0 Å². The van der Waals surface area contributed by atoms with E-state index in [0.29, 0.717) is 33.9 Å². The zero-order valence-corrected chi connectivity index (χ0v) is 22.1. The Morgan fingerprint density at radius 1 is 0.795 bits per heavy atom. The van der Waals surface area contributed by atoms with Gasteiger partial charge in [-0.15, -0.1) is 0 Å². The highest BCUT2D eigenvalue weighted by atomic mass is 32.2. The van der Waals surface area contributed by atoms with E-state index >= 15 is 0 Å². The van der Waals surface area contributed by atoms with Gasteiger partial charge in [-0.1, -0.05) is 18.2 Å². The average Bonchev–Trinajstić information content (AvgIpc) is 3.32. The van der Waals surface area contributed by atoms with Crippen molar-refractivity contribution in [3.8, 4) is 5.69 Å². The van der Waals surface area contributed by atoms with E-state index in [-0.39, 0.29) is 15.4 Å². The summed E-state index contributed by atoms with van der Waals surface area (Å²) in [4.78, 5) is 25.1. The lowest BCUT2D eigenvalue weighted by atomic mass is 10.1. The van der Waals surface area contributed by atoms with Gasteiger partial charge in [0.15, 0.2) is 0 Å².